The van der Waals surface area contributed by atoms with Crippen molar-refractivity contribution in [1.29, 1.82) is 0 Å². The Morgan fingerprint density at radius 3 is 2.50 bits per heavy atom. The van der Waals surface area contributed by atoms with Crippen molar-refractivity contribution in [1.82, 2.24) is 0 Å². The average Bonchev–Trinajstić information content (AvgIpc) is 2.73. The van der Waals surface area contributed by atoms with E-state index in [1.165, 1.54) is 12.1 Å². The molecule has 0 aliphatic rings. The molecule has 1 N–H and O–H groups in total. The van der Waals surface area contributed by atoms with Crippen LogP contribution in [0, 0.1) is 0 Å². The Morgan fingerprint density at radius 2 is 2.05 bits per heavy atom. The van der Waals surface area contributed by atoms with E-state index in [0.717, 1.165) is 0 Å². The quantitative estimate of drug-likeness (QED) is 0.517. The number of esters is 1. The molecule has 0 aliphatic heterocycles. The topological polar surface area (TPSA) is 99.8 Å². The van der Waals surface area contributed by atoms with Crippen molar-refractivity contribution in [2.24, 2.45) is 0 Å². The summed E-state index contributed by atoms with van der Waals surface area (Å²) in [5, 5.41) is 19.6. The molecule has 1 rings (SSSR count). The van der Waals surface area contributed by atoms with Crippen molar-refractivity contribution in [2.45, 2.75) is 19.1 Å². The zero-order chi connectivity index (χ0) is 15.3. The predicted octanol–water partition coefficient (Wildman–Crippen LogP) is -0.856. The zero-order valence-corrected chi connectivity index (χ0v) is 11.8. The van der Waals surface area contributed by atoms with Gasteiger partial charge >= 0.3 is 5.97 Å². The van der Waals surface area contributed by atoms with E-state index < -0.39 is 18.0 Å². The van der Waals surface area contributed by atoms with E-state index >= 15 is 0 Å². The summed E-state index contributed by atoms with van der Waals surface area (Å²) < 4.78 is 10.6. The van der Waals surface area contributed by atoms with Crippen molar-refractivity contribution in [2.75, 3.05) is 27.7 Å². The molecule has 0 saturated carbocycles. The predicted molar refractivity (Wildman–Crippen MR) is 66.4 cm³/mol. The maximum atomic E-state index is 11.8. The first-order chi connectivity index (χ1) is 9.21. The van der Waals surface area contributed by atoms with Gasteiger partial charge in [0.2, 0.25) is 5.76 Å². The minimum absolute atomic E-state index is 0.0705. The molecule has 0 radical (unpaired) electrons. The van der Waals surface area contributed by atoms with Gasteiger partial charge in [-0.1, -0.05) is 0 Å². The Kier molecular flexibility index (Phi) is 5.29. The van der Waals surface area contributed by atoms with Gasteiger partial charge in [-0.05, 0) is 12.1 Å². The first-order valence-corrected chi connectivity index (χ1v) is 6.12. The molecule has 7 nitrogen and oxygen atoms in total. The normalized spacial score (nSPS) is 13.0. The van der Waals surface area contributed by atoms with Gasteiger partial charge in [0.15, 0.2) is 6.10 Å². The van der Waals surface area contributed by atoms with Gasteiger partial charge in [-0.25, -0.2) is 4.79 Å². The van der Waals surface area contributed by atoms with Crippen LogP contribution in [-0.4, -0.2) is 55.3 Å². The third kappa shape index (κ3) is 5.41. The highest BCUT2D eigenvalue weighted by molar-refractivity contribution is 5.86. The van der Waals surface area contributed by atoms with E-state index in [9.17, 15) is 14.7 Å². The lowest BCUT2D eigenvalue weighted by Crippen LogP contribution is -2.45. The van der Waals surface area contributed by atoms with Crippen molar-refractivity contribution in [3.8, 4) is 0 Å². The van der Waals surface area contributed by atoms with Crippen LogP contribution in [0.1, 0.15) is 22.7 Å². The second-order valence-corrected chi connectivity index (χ2v) is 5.50. The number of hydrogen-bond acceptors (Lipinski definition) is 6. The van der Waals surface area contributed by atoms with Crippen LogP contribution in [0.25, 0.3) is 0 Å². The number of quaternary nitrogens is 1. The molecule has 1 heterocycles. The molecule has 1 unspecified atom stereocenters. The van der Waals surface area contributed by atoms with Gasteiger partial charge in [-0.2, -0.15) is 0 Å². The number of aliphatic carboxylic acids is 1. The number of aliphatic hydroxyl groups is 1. The summed E-state index contributed by atoms with van der Waals surface area (Å²) in [7, 11) is 5.56. The molecule has 0 fully saturated rings. The number of nitrogens with zero attached hydrogens (tertiary/aromatic N) is 1. The van der Waals surface area contributed by atoms with E-state index in [0.29, 0.717) is 11.0 Å². The van der Waals surface area contributed by atoms with E-state index in [-0.39, 0.29) is 24.5 Å². The molecular weight excluding hydrogens is 266 g/mol. The van der Waals surface area contributed by atoms with Crippen LogP contribution in [0.15, 0.2) is 16.5 Å². The monoisotopic (exact) mass is 285 g/mol. The van der Waals surface area contributed by atoms with Crippen LogP contribution in [0.5, 0.6) is 0 Å². The first kappa shape index (κ1) is 16.2. The largest absolute Gasteiger partial charge is 0.550 e. The smallest absolute Gasteiger partial charge is 0.374 e. The second-order valence-electron chi connectivity index (χ2n) is 5.50. The van der Waals surface area contributed by atoms with E-state index in [1.54, 1.807) is 0 Å². The molecule has 1 aromatic rings. The van der Waals surface area contributed by atoms with Crippen LogP contribution in [0.3, 0.4) is 0 Å². The van der Waals surface area contributed by atoms with Gasteiger partial charge in [0, 0.05) is 12.4 Å². The van der Waals surface area contributed by atoms with Crippen LogP contribution < -0.4 is 5.11 Å². The fourth-order valence-electron chi connectivity index (χ4n) is 1.72. The highest BCUT2D eigenvalue weighted by Crippen LogP contribution is 2.12. The van der Waals surface area contributed by atoms with E-state index in [4.69, 9.17) is 14.3 Å². The SMILES string of the molecule is C[N+](C)(C)CC(CC(=O)[O-])OC(=O)c1ccc(CO)o1. The molecule has 0 aromatic carbocycles. The van der Waals surface area contributed by atoms with Crippen molar-refractivity contribution < 1.29 is 33.4 Å². The van der Waals surface area contributed by atoms with Crippen LogP contribution in [0.2, 0.25) is 0 Å². The summed E-state index contributed by atoms with van der Waals surface area (Å²) in [5.74, 6) is -1.88. The van der Waals surface area contributed by atoms with Gasteiger partial charge in [-0.15, -0.1) is 0 Å². The van der Waals surface area contributed by atoms with Gasteiger partial charge in [0.1, 0.15) is 18.9 Å². The lowest BCUT2D eigenvalue weighted by molar-refractivity contribution is -0.873. The summed E-state index contributed by atoms with van der Waals surface area (Å²) in [4.78, 5) is 22.5. The Hall–Kier alpha value is -1.86. The van der Waals surface area contributed by atoms with Crippen molar-refractivity contribution >= 4 is 11.9 Å². The maximum absolute atomic E-state index is 11.8. The molecule has 1 atom stereocenters. The van der Waals surface area contributed by atoms with E-state index in [2.05, 4.69) is 0 Å². The third-order valence-electron chi connectivity index (χ3n) is 2.44. The Morgan fingerprint density at radius 1 is 1.40 bits per heavy atom. The lowest BCUT2D eigenvalue weighted by atomic mass is 10.2. The summed E-state index contributed by atoms with van der Waals surface area (Å²) in [5.41, 5.74) is 0. The molecule has 0 bridgehead atoms. The Bertz CT molecular complexity index is 473. The molecule has 0 amide bonds. The van der Waals surface area contributed by atoms with Crippen molar-refractivity contribution in [3.05, 3.63) is 23.7 Å². The molecule has 1 aromatic heterocycles. The summed E-state index contributed by atoms with van der Waals surface area (Å²) in [6, 6.07) is 2.82. The van der Waals surface area contributed by atoms with Crippen LogP contribution in [0.4, 0.5) is 0 Å². The molecule has 0 saturated heterocycles. The van der Waals surface area contributed by atoms with Crippen molar-refractivity contribution in [3.63, 3.8) is 0 Å². The number of rotatable bonds is 7. The minimum Gasteiger partial charge on any atom is -0.550 e. The fraction of sp³-hybridized carbons (Fsp3) is 0.538. The lowest BCUT2D eigenvalue weighted by Gasteiger charge is -2.29. The third-order valence-corrected chi connectivity index (χ3v) is 2.44. The number of carbonyl (C=O) groups is 2. The molecule has 112 valence electrons. The molecule has 0 aliphatic carbocycles. The molecule has 0 spiro atoms. The van der Waals surface area contributed by atoms with Crippen LogP contribution >= 0.6 is 0 Å². The number of hydrogen-bond donors (Lipinski definition) is 1. The van der Waals surface area contributed by atoms with E-state index in [1.807, 2.05) is 21.1 Å². The number of carboxylic acid groups (broad SMARTS) is 1. The number of ether oxygens (including phenoxy) is 1. The zero-order valence-electron chi connectivity index (χ0n) is 11.8. The number of carboxylic acids is 1. The van der Waals surface area contributed by atoms with Gasteiger partial charge in [0.25, 0.3) is 0 Å². The first-order valence-electron chi connectivity index (χ1n) is 6.12. The Balaban J connectivity index is 2.72. The maximum Gasteiger partial charge on any atom is 0.374 e. The number of furan rings is 1. The fourth-order valence-corrected chi connectivity index (χ4v) is 1.72. The molecular formula is C13H19NO6. The summed E-state index contributed by atoms with van der Waals surface area (Å²) >= 11 is 0. The average molecular weight is 285 g/mol. The summed E-state index contributed by atoms with van der Waals surface area (Å²) in [6.45, 7) is 0.00190. The highest BCUT2D eigenvalue weighted by atomic mass is 16.6. The van der Waals surface area contributed by atoms with Gasteiger partial charge in [0.05, 0.1) is 21.1 Å². The standard InChI is InChI=1S/C13H19NO6/c1-14(2,3)7-10(6-12(16)17)20-13(18)11-5-4-9(8-15)19-11/h4-5,10,15H,6-8H2,1-3H3. The minimum atomic E-state index is -1.29. The van der Waals surface area contributed by atoms with Gasteiger partial charge in [-0.3, -0.25) is 0 Å². The highest BCUT2D eigenvalue weighted by Gasteiger charge is 2.24. The molecule has 20 heavy (non-hydrogen) atoms. The number of carbonyl (C=O) groups excluding carboxylic acids is 2. The van der Waals surface area contributed by atoms with Gasteiger partial charge < -0.3 is 28.6 Å². The summed E-state index contributed by atoms with van der Waals surface area (Å²) in [6.07, 6.45) is -1.19. The second kappa shape index (κ2) is 6.53. The number of likely N-dealkylation sites (N-methyl/N-ethyl adjacent to an activating group) is 1. The molecule has 7 heteroatoms. The Labute approximate surface area is 117 Å². The van der Waals surface area contributed by atoms with Crippen LogP contribution in [-0.2, 0) is 16.1 Å². The number of aliphatic hydroxyl groups excluding tert-OH is 1.